The van der Waals surface area contributed by atoms with Crippen LogP contribution in [-0.4, -0.2) is 30.5 Å². The van der Waals surface area contributed by atoms with E-state index >= 15 is 0 Å². The zero-order valence-corrected chi connectivity index (χ0v) is 12.4. The highest BCUT2D eigenvalue weighted by atomic mass is 16.5. The first-order chi connectivity index (χ1) is 10.8. The molecule has 0 bridgehead atoms. The molecular weight excluding hydrogens is 276 g/mol. The number of amides is 1. The Morgan fingerprint density at radius 1 is 1.09 bits per heavy atom. The first-order valence-electron chi connectivity index (χ1n) is 7.50. The summed E-state index contributed by atoms with van der Waals surface area (Å²) in [7, 11) is 0. The molecule has 2 N–H and O–H groups in total. The Bertz CT molecular complexity index is 615. The number of carbonyl (C=O) groups is 1. The molecule has 1 aliphatic rings. The number of benzene rings is 2. The summed E-state index contributed by atoms with van der Waals surface area (Å²) >= 11 is 0. The number of nitrogens with zero attached hydrogens (tertiary/aromatic N) is 1. The number of ether oxygens (including phenoxy) is 1. The molecule has 2 aromatic rings. The fraction of sp³-hybridized carbons (Fsp3) is 0.278. The number of hydrogen-bond donors (Lipinski definition) is 1. The van der Waals surface area contributed by atoms with Gasteiger partial charge in [-0.15, -0.1) is 0 Å². The quantitative estimate of drug-likeness (QED) is 0.942. The standard InChI is InChI=1S/C18H20N2O2/c19-18(21)17(15-9-5-2-6-10-15)20-11-12-22-16(13-20)14-7-3-1-4-8-14/h1-10,16-17H,11-13H2,(H2,19,21)/t16-,17+/m1/s1. The van der Waals surface area contributed by atoms with Crippen LogP contribution < -0.4 is 5.73 Å². The monoisotopic (exact) mass is 296 g/mol. The molecule has 114 valence electrons. The number of morpholine rings is 1. The normalized spacial score (nSPS) is 20.5. The van der Waals surface area contributed by atoms with E-state index in [1.54, 1.807) is 0 Å². The van der Waals surface area contributed by atoms with Gasteiger partial charge in [-0.25, -0.2) is 0 Å². The van der Waals surface area contributed by atoms with Crippen LogP contribution >= 0.6 is 0 Å². The molecule has 0 radical (unpaired) electrons. The topological polar surface area (TPSA) is 55.6 Å². The van der Waals surface area contributed by atoms with Crippen molar-refractivity contribution in [2.45, 2.75) is 12.1 Å². The van der Waals surface area contributed by atoms with E-state index in [-0.39, 0.29) is 12.0 Å². The maximum absolute atomic E-state index is 12.0. The van der Waals surface area contributed by atoms with E-state index in [9.17, 15) is 4.79 Å². The lowest BCUT2D eigenvalue weighted by atomic mass is 10.0. The molecular formula is C18H20N2O2. The lowest BCUT2D eigenvalue weighted by molar-refractivity contribution is -0.127. The summed E-state index contributed by atoms with van der Waals surface area (Å²) in [5, 5.41) is 0. The van der Waals surface area contributed by atoms with Crippen LogP contribution in [0.3, 0.4) is 0 Å². The van der Waals surface area contributed by atoms with Crippen LogP contribution in [0.5, 0.6) is 0 Å². The van der Waals surface area contributed by atoms with Crippen molar-refractivity contribution in [3.63, 3.8) is 0 Å². The highest BCUT2D eigenvalue weighted by molar-refractivity contribution is 5.81. The Morgan fingerprint density at radius 2 is 1.73 bits per heavy atom. The van der Waals surface area contributed by atoms with Gasteiger partial charge < -0.3 is 10.5 Å². The van der Waals surface area contributed by atoms with Crippen molar-refractivity contribution < 1.29 is 9.53 Å². The minimum atomic E-state index is -0.406. The van der Waals surface area contributed by atoms with Gasteiger partial charge in [0.05, 0.1) is 12.7 Å². The summed E-state index contributed by atoms with van der Waals surface area (Å²) in [5.74, 6) is -0.320. The van der Waals surface area contributed by atoms with Gasteiger partial charge in [-0.05, 0) is 11.1 Å². The van der Waals surface area contributed by atoms with E-state index in [2.05, 4.69) is 17.0 Å². The molecule has 0 unspecified atom stereocenters. The van der Waals surface area contributed by atoms with Crippen LogP contribution in [0.2, 0.25) is 0 Å². The number of carbonyl (C=O) groups excluding carboxylic acids is 1. The van der Waals surface area contributed by atoms with Gasteiger partial charge in [-0.1, -0.05) is 60.7 Å². The van der Waals surface area contributed by atoms with Crippen LogP contribution in [0, 0.1) is 0 Å². The maximum Gasteiger partial charge on any atom is 0.239 e. The van der Waals surface area contributed by atoms with Crippen molar-refractivity contribution in [1.82, 2.24) is 4.90 Å². The van der Waals surface area contributed by atoms with Crippen molar-refractivity contribution in [2.75, 3.05) is 19.7 Å². The smallest absolute Gasteiger partial charge is 0.239 e. The van der Waals surface area contributed by atoms with Gasteiger partial charge >= 0.3 is 0 Å². The highest BCUT2D eigenvalue weighted by Gasteiger charge is 2.31. The average molecular weight is 296 g/mol. The van der Waals surface area contributed by atoms with E-state index in [4.69, 9.17) is 10.5 Å². The van der Waals surface area contributed by atoms with E-state index in [0.29, 0.717) is 19.7 Å². The number of primary amides is 1. The van der Waals surface area contributed by atoms with E-state index in [1.165, 1.54) is 0 Å². The average Bonchev–Trinajstić information content (AvgIpc) is 2.57. The van der Waals surface area contributed by atoms with Gasteiger partial charge in [0.15, 0.2) is 0 Å². The number of rotatable bonds is 4. The Labute approximate surface area is 130 Å². The van der Waals surface area contributed by atoms with Crippen LogP contribution in [0.15, 0.2) is 60.7 Å². The first-order valence-corrected chi connectivity index (χ1v) is 7.50. The third kappa shape index (κ3) is 3.18. The second kappa shape index (κ2) is 6.73. The molecule has 1 fully saturated rings. The van der Waals surface area contributed by atoms with Crippen molar-refractivity contribution in [3.05, 3.63) is 71.8 Å². The summed E-state index contributed by atoms with van der Waals surface area (Å²) in [6.45, 7) is 1.95. The van der Waals surface area contributed by atoms with E-state index in [0.717, 1.165) is 11.1 Å². The molecule has 1 amide bonds. The fourth-order valence-corrected chi connectivity index (χ4v) is 2.96. The molecule has 1 saturated heterocycles. The first kappa shape index (κ1) is 14.8. The molecule has 2 atom stereocenters. The zero-order valence-electron chi connectivity index (χ0n) is 12.4. The van der Waals surface area contributed by atoms with Crippen molar-refractivity contribution in [3.8, 4) is 0 Å². The van der Waals surface area contributed by atoms with Gasteiger partial charge in [0.2, 0.25) is 5.91 Å². The SMILES string of the molecule is NC(=O)[C@H](c1ccccc1)N1CCO[C@@H](c2ccccc2)C1. The van der Waals surface area contributed by atoms with Gasteiger partial charge in [0, 0.05) is 13.1 Å². The summed E-state index contributed by atoms with van der Waals surface area (Å²) in [6, 6.07) is 19.4. The number of nitrogens with two attached hydrogens (primary N) is 1. The van der Waals surface area contributed by atoms with Gasteiger partial charge in [-0.3, -0.25) is 9.69 Å². The zero-order chi connectivity index (χ0) is 15.4. The van der Waals surface area contributed by atoms with Gasteiger partial charge in [-0.2, -0.15) is 0 Å². The Kier molecular flexibility index (Phi) is 4.51. The molecule has 22 heavy (non-hydrogen) atoms. The minimum absolute atomic E-state index is 0.0273. The molecule has 1 heterocycles. The van der Waals surface area contributed by atoms with Gasteiger partial charge in [0.1, 0.15) is 6.04 Å². The summed E-state index contributed by atoms with van der Waals surface area (Å²) in [5.41, 5.74) is 7.72. The second-order valence-electron chi connectivity index (χ2n) is 5.48. The summed E-state index contributed by atoms with van der Waals surface area (Å²) in [4.78, 5) is 14.1. The molecule has 4 heteroatoms. The summed E-state index contributed by atoms with van der Waals surface area (Å²) < 4.78 is 5.87. The molecule has 0 aromatic heterocycles. The lowest BCUT2D eigenvalue weighted by Crippen LogP contribution is -2.45. The van der Waals surface area contributed by atoms with Crippen LogP contribution in [0.4, 0.5) is 0 Å². The molecule has 4 nitrogen and oxygen atoms in total. The predicted octanol–water partition coefficient (Wildman–Crippen LogP) is 2.29. The van der Waals surface area contributed by atoms with E-state index < -0.39 is 6.04 Å². The van der Waals surface area contributed by atoms with Crippen molar-refractivity contribution in [2.24, 2.45) is 5.73 Å². The molecule has 0 aliphatic carbocycles. The van der Waals surface area contributed by atoms with Crippen LogP contribution in [0.25, 0.3) is 0 Å². The minimum Gasteiger partial charge on any atom is -0.371 e. The van der Waals surface area contributed by atoms with Crippen LogP contribution in [0.1, 0.15) is 23.3 Å². The highest BCUT2D eigenvalue weighted by Crippen LogP contribution is 2.28. The Morgan fingerprint density at radius 3 is 2.36 bits per heavy atom. The Balaban J connectivity index is 1.82. The third-order valence-electron chi connectivity index (χ3n) is 4.02. The molecule has 2 aromatic carbocycles. The van der Waals surface area contributed by atoms with Crippen molar-refractivity contribution >= 4 is 5.91 Å². The Hall–Kier alpha value is -2.17. The van der Waals surface area contributed by atoms with Gasteiger partial charge in [0.25, 0.3) is 0 Å². The third-order valence-corrected chi connectivity index (χ3v) is 4.02. The molecule has 0 spiro atoms. The molecule has 3 rings (SSSR count). The summed E-state index contributed by atoms with van der Waals surface area (Å²) in [6.07, 6.45) is -0.0273. The molecule has 1 aliphatic heterocycles. The number of hydrogen-bond acceptors (Lipinski definition) is 3. The van der Waals surface area contributed by atoms with Crippen molar-refractivity contribution in [1.29, 1.82) is 0 Å². The second-order valence-corrected chi connectivity index (χ2v) is 5.48. The fourth-order valence-electron chi connectivity index (χ4n) is 2.96. The maximum atomic E-state index is 12.0. The molecule has 0 saturated carbocycles. The lowest BCUT2D eigenvalue weighted by Gasteiger charge is -2.37. The predicted molar refractivity (Wildman–Crippen MR) is 85.1 cm³/mol. The van der Waals surface area contributed by atoms with Crippen LogP contribution in [-0.2, 0) is 9.53 Å². The van der Waals surface area contributed by atoms with E-state index in [1.807, 2.05) is 48.5 Å². The largest absolute Gasteiger partial charge is 0.371 e.